The standard InChI is InChI=1S/C29H48N4O4/c1-27(2,3)37-26(34)32(7)17-16-31(6)20-23-21-33(24-10-8-9-18-35-24)30-25(23)22-11-13-29(14-12-22)15-19-36-28(29,4)5/h11,21,24H,8-10,12-20H2,1-7H3/t24-,29-/m1/s1. The minimum atomic E-state index is -0.492. The number of nitrogens with zero attached hydrogens (tertiary/aromatic N) is 4. The summed E-state index contributed by atoms with van der Waals surface area (Å²) in [4.78, 5) is 16.3. The number of amides is 1. The van der Waals surface area contributed by atoms with Gasteiger partial charge in [-0.15, -0.1) is 0 Å². The molecule has 0 N–H and O–H groups in total. The monoisotopic (exact) mass is 516 g/mol. The maximum absolute atomic E-state index is 12.4. The molecule has 1 aromatic rings. The van der Waals surface area contributed by atoms with Crippen LogP contribution in [0.1, 0.15) is 97.0 Å². The largest absolute Gasteiger partial charge is 0.444 e. The van der Waals surface area contributed by atoms with Crippen LogP contribution in [0.4, 0.5) is 4.79 Å². The second kappa shape index (κ2) is 11.1. The molecule has 8 nitrogen and oxygen atoms in total. The first-order valence-corrected chi connectivity index (χ1v) is 14.0. The first-order chi connectivity index (χ1) is 17.4. The molecule has 1 aromatic heterocycles. The Morgan fingerprint density at radius 3 is 2.57 bits per heavy atom. The molecule has 208 valence electrons. The summed E-state index contributed by atoms with van der Waals surface area (Å²) in [6, 6.07) is 0. The van der Waals surface area contributed by atoms with Crippen molar-refractivity contribution in [3.63, 3.8) is 0 Å². The van der Waals surface area contributed by atoms with Crippen molar-refractivity contribution < 1.29 is 19.0 Å². The Kier molecular flexibility index (Phi) is 8.41. The van der Waals surface area contributed by atoms with Gasteiger partial charge >= 0.3 is 6.09 Å². The highest BCUT2D eigenvalue weighted by Gasteiger charge is 2.50. The second-order valence-corrected chi connectivity index (χ2v) is 12.8. The van der Waals surface area contributed by atoms with E-state index in [-0.39, 0.29) is 23.3 Å². The Labute approximate surface area is 223 Å². The molecule has 0 bridgehead atoms. The van der Waals surface area contributed by atoms with Crippen LogP contribution in [0.2, 0.25) is 0 Å². The number of rotatable bonds is 7. The van der Waals surface area contributed by atoms with Gasteiger partial charge in [-0.2, -0.15) is 5.10 Å². The average Bonchev–Trinajstić information content (AvgIpc) is 3.38. The molecule has 0 unspecified atom stereocenters. The third-order valence-corrected chi connectivity index (χ3v) is 8.46. The molecule has 2 aliphatic heterocycles. The summed E-state index contributed by atoms with van der Waals surface area (Å²) in [6.07, 6.45) is 12.0. The lowest BCUT2D eigenvalue weighted by atomic mass is 9.64. The van der Waals surface area contributed by atoms with E-state index in [0.717, 1.165) is 70.5 Å². The van der Waals surface area contributed by atoms with Crippen LogP contribution in [0.15, 0.2) is 12.3 Å². The van der Waals surface area contributed by atoms with Gasteiger partial charge in [-0.05, 0) is 92.2 Å². The number of carbonyl (C=O) groups excluding carboxylic acids is 1. The lowest BCUT2D eigenvalue weighted by Gasteiger charge is -2.42. The van der Waals surface area contributed by atoms with Crippen LogP contribution in [0, 0.1) is 5.41 Å². The summed E-state index contributed by atoms with van der Waals surface area (Å²) in [5, 5.41) is 5.11. The van der Waals surface area contributed by atoms with Gasteiger partial charge in [0.2, 0.25) is 0 Å². The van der Waals surface area contributed by atoms with Crippen molar-refractivity contribution in [2.24, 2.45) is 5.41 Å². The molecule has 1 aliphatic carbocycles. The van der Waals surface area contributed by atoms with E-state index in [2.05, 4.69) is 42.7 Å². The van der Waals surface area contributed by atoms with Crippen molar-refractivity contribution in [1.82, 2.24) is 19.6 Å². The Balaban J connectivity index is 1.47. The van der Waals surface area contributed by atoms with E-state index >= 15 is 0 Å². The predicted octanol–water partition coefficient (Wildman–Crippen LogP) is 5.63. The summed E-state index contributed by atoms with van der Waals surface area (Å²) in [6.45, 7) is 13.9. The maximum Gasteiger partial charge on any atom is 0.410 e. The third-order valence-electron chi connectivity index (χ3n) is 8.46. The third kappa shape index (κ3) is 6.58. The van der Waals surface area contributed by atoms with Crippen molar-refractivity contribution in [1.29, 1.82) is 0 Å². The lowest BCUT2D eigenvalue weighted by Crippen LogP contribution is -2.40. The lowest BCUT2D eigenvalue weighted by molar-refractivity contribution is -0.0396. The minimum Gasteiger partial charge on any atom is -0.444 e. The van der Waals surface area contributed by atoms with Crippen molar-refractivity contribution in [3.8, 4) is 0 Å². The van der Waals surface area contributed by atoms with E-state index in [1.165, 1.54) is 17.6 Å². The van der Waals surface area contributed by atoms with Crippen molar-refractivity contribution >= 4 is 11.7 Å². The van der Waals surface area contributed by atoms with E-state index in [9.17, 15) is 4.79 Å². The summed E-state index contributed by atoms with van der Waals surface area (Å²) in [5.41, 5.74) is 3.34. The summed E-state index contributed by atoms with van der Waals surface area (Å²) < 4.78 is 19.7. The van der Waals surface area contributed by atoms with E-state index in [0.29, 0.717) is 6.54 Å². The second-order valence-electron chi connectivity index (χ2n) is 12.8. The minimum absolute atomic E-state index is 0.0163. The number of hydrogen-bond donors (Lipinski definition) is 0. The molecule has 4 rings (SSSR count). The fraction of sp³-hybridized carbons (Fsp3) is 0.793. The highest BCUT2D eigenvalue weighted by atomic mass is 16.6. The topological polar surface area (TPSA) is 69.1 Å². The first-order valence-electron chi connectivity index (χ1n) is 14.0. The highest BCUT2D eigenvalue weighted by Crippen LogP contribution is 2.53. The zero-order chi connectivity index (χ0) is 26.8. The highest BCUT2D eigenvalue weighted by molar-refractivity contribution is 5.68. The SMILES string of the molecule is CN(CCN(C)C(=O)OC(C)(C)C)Cc1cn([C@H]2CCCCO2)nc1C1=CC[C@]2(CCOC2(C)C)CC1. The van der Waals surface area contributed by atoms with Gasteiger partial charge in [-0.3, -0.25) is 0 Å². The van der Waals surface area contributed by atoms with E-state index in [1.807, 2.05) is 20.8 Å². The van der Waals surface area contributed by atoms with Gasteiger partial charge in [-0.25, -0.2) is 9.48 Å². The Morgan fingerprint density at radius 2 is 1.97 bits per heavy atom. The summed E-state index contributed by atoms with van der Waals surface area (Å²) >= 11 is 0. The molecule has 2 atom stereocenters. The van der Waals surface area contributed by atoms with Crippen molar-refractivity contribution in [2.75, 3.05) is 40.4 Å². The number of aromatic nitrogens is 2. The smallest absolute Gasteiger partial charge is 0.410 e. The molecule has 2 fully saturated rings. The molecule has 3 heterocycles. The van der Waals surface area contributed by atoms with Gasteiger partial charge in [0, 0.05) is 57.1 Å². The van der Waals surface area contributed by atoms with Crippen LogP contribution in [-0.4, -0.2) is 77.3 Å². The Bertz CT molecular complexity index is 973. The summed E-state index contributed by atoms with van der Waals surface area (Å²) in [5.74, 6) is 0. The molecule has 1 spiro atoms. The van der Waals surface area contributed by atoms with Gasteiger partial charge in [0.1, 0.15) is 11.8 Å². The number of likely N-dealkylation sites (N-methyl/N-ethyl adjacent to an activating group) is 2. The number of allylic oxidation sites excluding steroid dienone is 2. The van der Waals surface area contributed by atoms with Crippen LogP contribution in [0.3, 0.4) is 0 Å². The Morgan fingerprint density at radius 1 is 1.19 bits per heavy atom. The van der Waals surface area contributed by atoms with Crippen LogP contribution in [-0.2, 0) is 20.8 Å². The summed E-state index contributed by atoms with van der Waals surface area (Å²) in [7, 11) is 3.90. The normalized spacial score (nSPS) is 25.9. The van der Waals surface area contributed by atoms with Crippen molar-refractivity contribution in [2.45, 2.75) is 104 Å². The molecule has 0 radical (unpaired) electrons. The zero-order valence-corrected chi connectivity index (χ0v) is 24.1. The molecular formula is C29H48N4O4. The molecule has 0 saturated carbocycles. The predicted molar refractivity (Wildman–Crippen MR) is 145 cm³/mol. The molecule has 1 amide bonds. The molecule has 8 heteroatoms. The maximum atomic E-state index is 12.4. The van der Waals surface area contributed by atoms with Crippen LogP contribution in [0.5, 0.6) is 0 Å². The van der Waals surface area contributed by atoms with Gasteiger partial charge in [0.25, 0.3) is 0 Å². The van der Waals surface area contributed by atoms with E-state index in [1.54, 1.807) is 11.9 Å². The van der Waals surface area contributed by atoms with Crippen molar-refractivity contribution in [3.05, 3.63) is 23.5 Å². The van der Waals surface area contributed by atoms with Gasteiger partial charge in [0.15, 0.2) is 0 Å². The van der Waals surface area contributed by atoms with E-state index in [4.69, 9.17) is 19.3 Å². The number of carbonyl (C=O) groups is 1. The molecule has 37 heavy (non-hydrogen) atoms. The van der Waals surface area contributed by atoms with Crippen LogP contribution < -0.4 is 0 Å². The average molecular weight is 517 g/mol. The fourth-order valence-corrected chi connectivity index (χ4v) is 5.86. The molecule has 3 aliphatic rings. The van der Waals surface area contributed by atoms with Crippen LogP contribution >= 0.6 is 0 Å². The number of hydrogen-bond acceptors (Lipinski definition) is 6. The van der Waals surface area contributed by atoms with Gasteiger partial charge in [0.05, 0.1) is 11.3 Å². The fourth-order valence-electron chi connectivity index (χ4n) is 5.86. The molecule has 0 aromatic carbocycles. The quantitative estimate of drug-likeness (QED) is 0.468. The van der Waals surface area contributed by atoms with Crippen LogP contribution in [0.25, 0.3) is 5.57 Å². The van der Waals surface area contributed by atoms with E-state index < -0.39 is 5.60 Å². The van der Waals surface area contributed by atoms with Gasteiger partial charge in [-0.1, -0.05) is 6.08 Å². The zero-order valence-electron chi connectivity index (χ0n) is 24.1. The van der Waals surface area contributed by atoms with Gasteiger partial charge < -0.3 is 24.0 Å². The molecular weight excluding hydrogens is 468 g/mol. The molecule has 2 saturated heterocycles. The Hall–Kier alpha value is -1.90. The number of ether oxygens (including phenoxy) is 3. The first kappa shape index (κ1) is 28.1.